The van der Waals surface area contributed by atoms with Crippen LogP contribution in [0.1, 0.15) is 16.7 Å². The van der Waals surface area contributed by atoms with Crippen molar-refractivity contribution in [3.05, 3.63) is 71.6 Å². The van der Waals surface area contributed by atoms with Gasteiger partial charge in [-0.3, -0.25) is 9.78 Å². The van der Waals surface area contributed by atoms with Gasteiger partial charge in [0.05, 0.1) is 5.56 Å². The minimum Gasteiger partial charge on any atom is -0.348 e. The maximum Gasteiger partial charge on any atom is 0.416 e. The van der Waals surface area contributed by atoms with E-state index in [4.69, 9.17) is 0 Å². The van der Waals surface area contributed by atoms with Gasteiger partial charge >= 0.3 is 6.18 Å². The second-order valence-corrected chi connectivity index (χ2v) is 4.54. The van der Waals surface area contributed by atoms with E-state index in [1.54, 1.807) is 30.6 Å². The van der Waals surface area contributed by atoms with Crippen LogP contribution in [0.15, 0.2) is 54.9 Å². The lowest BCUT2D eigenvalue weighted by Crippen LogP contribution is -2.20. The number of carbonyl (C=O) groups excluding carboxylic acids is 1. The van der Waals surface area contributed by atoms with Crippen molar-refractivity contribution in [2.45, 2.75) is 12.7 Å². The highest BCUT2D eigenvalue weighted by molar-refractivity contribution is 5.91. The summed E-state index contributed by atoms with van der Waals surface area (Å²) in [6.45, 7) is 0.0279. The van der Waals surface area contributed by atoms with E-state index in [9.17, 15) is 18.0 Å². The van der Waals surface area contributed by atoms with Gasteiger partial charge in [-0.15, -0.1) is 0 Å². The number of benzene rings is 1. The van der Waals surface area contributed by atoms with E-state index in [-0.39, 0.29) is 12.5 Å². The zero-order chi connectivity index (χ0) is 16.0. The highest BCUT2D eigenvalue weighted by Crippen LogP contribution is 2.29. The van der Waals surface area contributed by atoms with Gasteiger partial charge in [-0.25, -0.2) is 0 Å². The number of halogens is 3. The van der Waals surface area contributed by atoms with Crippen molar-refractivity contribution in [2.24, 2.45) is 0 Å². The Kier molecular flexibility index (Phi) is 4.93. The standard InChI is InChI=1S/C16H13F3N2O/c17-16(18,19)14-5-1-3-13(9-14)11-21-15(22)7-6-12-4-2-8-20-10-12/h1-10H,11H2,(H,21,22). The molecule has 22 heavy (non-hydrogen) atoms. The van der Waals surface area contributed by atoms with Crippen LogP contribution >= 0.6 is 0 Å². The number of amides is 1. The number of nitrogens with zero attached hydrogens (tertiary/aromatic N) is 1. The Morgan fingerprint density at radius 1 is 1.23 bits per heavy atom. The van der Waals surface area contributed by atoms with Crippen molar-refractivity contribution in [1.82, 2.24) is 10.3 Å². The summed E-state index contributed by atoms with van der Waals surface area (Å²) in [5, 5.41) is 2.53. The minimum absolute atomic E-state index is 0.0279. The molecule has 0 unspecified atom stereocenters. The molecule has 0 fully saturated rings. The predicted octanol–water partition coefficient (Wildman–Crippen LogP) is 3.43. The molecule has 0 aliphatic carbocycles. The number of pyridine rings is 1. The molecule has 1 amide bonds. The number of aromatic nitrogens is 1. The Labute approximate surface area is 125 Å². The number of hydrogen-bond acceptors (Lipinski definition) is 2. The van der Waals surface area contributed by atoms with Crippen LogP contribution in [0, 0.1) is 0 Å². The molecule has 1 heterocycles. The summed E-state index contributed by atoms with van der Waals surface area (Å²) in [5.41, 5.74) is 0.417. The van der Waals surface area contributed by atoms with E-state index in [0.29, 0.717) is 5.56 Å². The zero-order valence-electron chi connectivity index (χ0n) is 11.5. The van der Waals surface area contributed by atoms with Crippen LogP contribution in [0.2, 0.25) is 0 Å². The third-order valence-corrected chi connectivity index (χ3v) is 2.83. The van der Waals surface area contributed by atoms with Crippen LogP contribution in [-0.2, 0) is 17.5 Å². The van der Waals surface area contributed by atoms with Crippen LogP contribution < -0.4 is 5.32 Å². The van der Waals surface area contributed by atoms with Gasteiger partial charge in [0.25, 0.3) is 0 Å². The van der Waals surface area contributed by atoms with Gasteiger partial charge in [-0.1, -0.05) is 18.2 Å². The molecule has 0 spiro atoms. The average Bonchev–Trinajstić information content (AvgIpc) is 2.51. The molecular formula is C16H13F3N2O. The van der Waals surface area contributed by atoms with Crippen molar-refractivity contribution < 1.29 is 18.0 Å². The fraction of sp³-hybridized carbons (Fsp3) is 0.125. The molecule has 0 saturated heterocycles. The first kappa shape index (κ1) is 15.8. The van der Waals surface area contributed by atoms with Crippen LogP contribution in [0.3, 0.4) is 0 Å². The monoisotopic (exact) mass is 306 g/mol. The van der Waals surface area contributed by atoms with E-state index < -0.39 is 11.7 Å². The average molecular weight is 306 g/mol. The van der Waals surface area contributed by atoms with Crippen LogP contribution in [0.5, 0.6) is 0 Å². The second-order valence-electron chi connectivity index (χ2n) is 4.54. The first-order valence-corrected chi connectivity index (χ1v) is 6.47. The molecule has 2 aromatic rings. The Morgan fingerprint density at radius 2 is 2.05 bits per heavy atom. The number of nitrogens with one attached hydrogen (secondary N) is 1. The molecule has 0 bridgehead atoms. The Morgan fingerprint density at radius 3 is 2.73 bits per heavy atom. The summed E-state index contributed by atoms with van der Waals surface area (Å²) < 4.78 is 37.7. The maximum absolute atomic E-state index is 12.6. The van der Waals surface area contributed by atoms with E-state index in [1.807, 2.05) is 0 Å². The first-order chi connectivity index (χ1) is 10.4. The summed E-state index contributed by atoms with van der Waals surface area (Å²) in [4.78, 5) is 15.5. The predicted molar refractivity (Wildman–Crippen MR) is 76.6 cm³/mol. The molecule has 6 heteroatoms. The molecule has 114 valence electrons. The van der Waals surface area contributed by atoms with E-state index in [0.717, 1.165) is 17.7 Å². The maximum atomic E-state index is 12.6. The Bertz CT molecular complexity index is 667. The van der Waals surface area contributed by atoms with Crippen molar-refractivity contribution in [3.63, 3.8) is 0 Å². The SMILES string of the molecule is O=C(C=Cc1cccnc1)NCc1cccc(C(F)(F)F)c1. The molecule has 1 N–H and O–H groups in total. The molecule has 0 aliphatic rings. The lowest BCUT2D eigenvalue weighted by atomic mass is 10.1. The van der Waals surface area contributed by atoms with E-state index in [2.05, 4.69) is 10.3 Å². The summed E-state index contributed by atoms with van der Waals surface area (Å²) in [6.07, 6.45) is 1.71. The van der Waals surface area contributed by atoms with Gasteiger partial charge < -0.3 is 5.32 Å². The van der Waals surface area contributed by atoms with Crippen molar-refractivity contribution in [2.75, 3.05) is 0 Å². The van der Waals surface area contributed by atoms with E-state index >= 15 is 0 Å². The van der Waals surface area contributed by atoms with Gasteiger partial charge in [0.2, 0.25) is 5.91 Å². The second kappa shape index (κ2) is 6.89. The quantitative estimate of drug-likeness (QED) is 0.879. The van der Waals surface area contributed by atoms with Crippen LogP contribution in [-0.4, -0.2) is 10.9 Å². The van der Waals surface area contributed by atoms with Gasteiger partial charge in [0, 0.05) is 25.0 Å². The zero-order valence-corrected chi connectivity index (χ0v) is 11.5. The third-order valence-electron chi connectivity index (χ3n) is 2.83. The Hall–Kier alpha value is -2.63. The normalized spacial score (nSPS) is 11.6. The van der Waals surface area contributed by atoms with Crippen molar-refractivity contribution >= 4 is 12.0 Å². The molecule has 0 saturated carbocycles. The highest BCUT2D eigenvalue weighted by Gasteiger charge is 2.30. The van der Waals surface area contributed by atoms with Crippen LogP contribution in [0.25, 0.3) is 6.08 Å². The Balaban J connectivity index is 1.93. The van der Waals surface area contributed by atoms with Crippen molar-refractivity contribution in [1.29, 1.82) is 0 Å². The fourth-order valence-electron chi connectivity index (χ4n) is 1.75. The smallest absolute Gasteiger partial charge is 0.348 e. The summed E-state index contributed by atoms with van der Waals surface area (Å²) in [7, 11) is 0. The molecule has 3 nitrogen and oxygen atoms in total. The van der Waals surface area contributed by atoms with Gasteiger partial charge in [-0.2, -0.15) is 13.2 Å². The fourth-order valence-corrected chi connectivity index (χ4v) is 1.75. The first-order valence-electron chi connectivity index (χ1n) is 6.47. The number of rotatable bonds is 4. The highest BCUT2D eigenvalue weighted by atomic mass is 19.4. The lowest BCUT2D eigenvalue weighted by molar-refractivity contribution is -0.137. The van der Waals surface area contributed by atoms with Gasteiger partial charge in [-0.05, 0) is 35.4 Å². The topological polar surface area (TPSA) is 42.0 Å². The van der Waals surface area contributed by atoms with Crippen LogP contribution in [0.4, 0.5) is 13.2 Å². The molecular weight excluding hydrogens is 293 g/mol. The van der Waals surface area contributed by atoms with E-state index in [1.165, 1.54) is 18.2 Å². The molecule has 0 radical (unpaired) electrons. The molecule has 0 atom stereocenters. The summed E-state index contributed by atoms with van der Waals surface area (Å²) in [6, 6.07) is 8.37. The molecule has 1 aromatic heterocycles. The number of alkyl halides is 3. The number of carbonyl (C=O) groups is 1. The van der Waals surface area contributed by atoms with Gasteiger partial charge in [0.15, 0.2) is 0 Å². The molecule has 1 aromatic carbocycles. The largest absolute Gasteiger partial charge is 0.416 e. The molecule has 0 aliphatic heterocycles. The van der Waals surface area contributed by atoms with Gasteiger partial charge in [0.1, 0.15) is 0 Å². The summed E-state index contributed by atoms with van der Waals surface area (Å²) >= 11 is 0. The minimum atomic E-state index is -4.39. The third kappa shape index (κ3) is 4.73. The number of hydrogen-bond donors (Lipinski definition) is 1. The summed E-state index contributed by atoms with van der Waals surface area (Å²) in [5.74, 6) is -0.388. The lowest BCUT2D eigenvalue weighted by Gasteiger charge is -2.08. The van der Waals surface area contributed by atoms with Crippen molar-refractivity contribution in [3.8, 4) is 0 Å². The molecule has 2 rings (SSSR count).